The van der Waals surface area contributed by atoms with Crippen molar-refractivity contribution < 1.29 is 13.2 Å². The number of halogens is 1. The zero-order chi connectivity index (χ0) is 19.3. The molecule has 0 heterocycles. The fourth-order valence-corrected chi connectivity index (χ4v) is 5.15. The molecule has 0 unspecified atom stereocenters. The van der Waals surface area contributed by atoms with Crippen molar-refractivity contribution in [3.05, 3.63) is 53.6 Å². The molecule has 0 spiro atoms. The maximum Gasteiger partial charge on any atom is 0.239 e. The lowest BCUT2D eigenvalue weighted by Crippen LogP contribution is -2.39. The van der Waals surface area contributed by atoms with E-state index in [1.54, 1.807) is 30.3 Å². The largest absolute Gasteiger partial charge is 0.375 e. The summed E-state index contributed by atoms with van der Waals surface area (Å²) in [6.07, 6.45) is 5.53. The Hall–Kier alpha value is -2.05. The number of carbonyl (C=O) groups excluding carboxylic acids is 1. The van der Waals surface area contributed by atoms with Gasteiger partial charge in [0.15, 0.2) is 0 Å². The first kappa shape index (κ1) is 19.7. The summed E-state index contributed by atoms with van der Waals surface area (Å²) in [6.45, 7) is 0.0467. The van der Waals surface area contributed by atoms with Gasteiger partial charge in [-0.1, -0.05) is 55.1 Å². The van der Waals surface area contributed by atoms with E-state index in [2.05, 4.69) is 10.6 Å². The minimum Gasteiger partial charge on any atom is -0.375 e. The Kier molecular flexibility index (Phi) is 6.39. The predicted octanol–water partition coefficient (Wildman–Crippen LogP) is 4.03. The smallest absolute Gasteiger partial charge is 0.239 e. The van der Waals surface area contributed by atoms with Crippen LogP contribution in [-0.4, -0.2) is 26.9 Å². The second-order valence-corrected chi connectivity index (χ2v) is 8.99. The Labute approximate surface area is 165 Å². The van der Waals surface area contributed by atoms with Crippen molar-refractivity contribution in [1.82, 2.24) is 5.32 Å². The summed E-state index contributed by atoms with van der Waals surface area (Å²) >= 11 is 6.35. The molecule has 3 rings (SSSR count). The van der Waals surface area contributed by atoms with Gasteiger partial charge in [-0.05, 0) is 37.1 Å². The van der Waals surface area contributed by atoms with E-state index in [4.69, 9.17) is 11.6 Å². The summed E-state index contributed by atoms with van der Waals surface area (Å²) in [5, 5.41) is 6.06. The maximum absolute atomic E-state index is 12.8. The van der Waals surface area contributed by atoms with Gasteiger partial charge in [0.2, 0.25) is 15.7 Å². The van der Waals surface area contributed by atoms with Crippen LogP contribution >= 0.6 is 11.6 Å². The second-order valence-electron chi connectivity index (χ2n) is 6.69. The lowest BCUT2D eigenvalue weighted by molar-refractivity contribution is -0.120. The van der Waals surface area contributed by atoms with E-state index < -0.39 is 9.84 Å². The average molecular weight is 407 g/mol. The van der Waals surface area contributed by atoms with Gasteiger partial charge in [0.05, 0.1) is 27.0 Å². The van der Waals surface area contributed by atoms with Crippen LogP contribution in [0.5, 0.6) is 0 Å². The van der Waals surface area contributed by atoms with Crippen molar-refractivity contribution in [2.75, 3.05) is 11.9 Å². The van der Waals surface area contributed by atoms with Crippen molar-refractivity contribution in [3.63, 3.8) is 0 Å². The molecule has 5 nitrogen and oxygen atoms in total. The Morgan fingerprint density at radius 3 is 2.41 bits per heavy atom. The molecule has 0 radical (unpaired) electrons. The van der Waals surface area contributed by atoms with Gasteiger partial charge < -0.3 is 10.6 Å². The lowest BCUT2D eigenvalue weighted by atomic mass is 9.95. The fraction of sp³-hybridized carbons (Fsp3) is 0.350. The molecule has 1 fully saturated rings. The van der Waals surface area contributed by atoms with Gasteiger partial charge in [-0.25, -0.2) is 8.42 Å². The highest BCUT2D eigenvalue weighted by Gasteiger charge is 2.22. The SMILES string of the molecule is O=C(CNc1cccc(S(=O)(=O)c2ccccc2)c1Cl)NC1CCCCC1. The number of carbonyl (C=O) groups is 1. The van der Waals surface area contributed by atoms with Crippen molar-refractivity contribution in [1.29, 1.82) is 0 Å². The molecule has 0 aromatic heterocycles. The molecule has 2 aromatic carbocycles. The average Bonchev–Trinajstić information content (AvgIpc) is 2.68. The van der Waals surface area contributed by atoms with Crippen LogP contribution in [-0.2, 0) is 14.6 Å². The molecule has 1 saturated carbocycles. The summed E-state index contributed by atoms with van der Waals surface area (Å²) < 4.78 is 25.6. The van der Waals surface area contributed by atoms with Gasteiger partial charge in [-0.2, -0.15) is 0 Å². The highest BCUT2D eigenvalue weighted by atomic mass is 35.5. The first-order chi connectivity index (χ1) is 13.0. The Morgan fingerprint density at radius 2 is 1.70 bits per heavy atom. The first-order valence-corrected chi connectivity index (χ1v) is 11.0. The Balaban J connectivity index is 1.70. The number of nitrogens with one attached hydrogen (secondary N) is 2. The molecular weight excluding hydrogens is 384 g/mol. The highest BCUT2D eigenvalue weighted by Crippen LogP contribution is 2.32. The highest BCUT2D eigenvalue weighted by molar-refractivity contribution is 7.91. The van der Waals surface area contributed by atoms with Gasteiger partial charge in [0.25, 0.3) is 0 Å². The third-order valence-corrected chi connectivity index (χ3v) is 7.05. The molecule has 0 saturated heterocycles. The van der Waals surface area contributed by atoms with Crippen LogP contribution in [0.25, 0.3) is 0 Å². The monoisotopic (exact) mass is 406 g/mol. The third kappa shape index (κ3) is 4.82. The minimum absolute atomic E-state index is 0.0213. The molecule has 1 aliphatic carbocycles. The van der Waals surface area contributed by atoms with Gasteiger partial charge in [-0.3, -0.25) is 4.79 Å². The molecule has 0 atom stereocenters. The van der Waals surface area contributed by atoms with E-state index in [0.29, 0.717) is 5.69 Å². The zero-order valence-electron chi connectivity index (χ0n) is 14.9. The molecule has 2 aromatic rings. The quantitative estimate of drug-likeness (QED) is 0.759. The molecule has 1 aliphatic rings. The Morgan fingerprint density at radius 1 is 1.00 bits per heavy atom. The third-order valence-electron chi connectivity index (χ3n) is 4.72. The van der Waals surface area contributed by atoms with E-state index in [1.807, 2.05) is 0 Å². The van der Waals surface area contributed by atoms with E-state index >= 15 is 0 Å². The number of benzene rings is 2. The molecule has 144 valence electrons. The van der Waals surface area contributed by atoms with Crippen LogP contribution in [0.2, 0.25) is 5.02 Å². The predicted molar refractivity (Wildman–Crippen MR) is 107 cm³/mol. The minimum atomic E-state index is -3.73. The van der Waals surface area contributed by atoms with Crippen molar-refractivity contribution in [2.24, 2.45) is 0 Å². The van der Waals surface area contributed by atoms with Crippen molar-refractivity contribution >= 4 is 33.0 Å². The van der Waals surface area contributed by atoms with E-state index in [0.717, 1.165) is 25.7 Å². The number of sulfone groups is 1. The molecule has 0 bridgehead atoms. The molecule has 0 aliphatic heterocycles. The number of hydrogen-bond donors (Lipinski definition) is 2. The summed E-state index contributed by atoms with van der Waals surface area (Å²) in [5.41, 5.74) is 0.424. The Bertz CT molecular complexity index is 895. The normalized spacial score (nSPS) is 15.3. The summed E-state index contributed by atoms with van der Waals surface area (Å²) in [4.78, 5) is 12.4. The van der Waals surface area contributed by atoms with E-state index in [9.17, 15) is 13.2 Å². The molecule has 2 N–H and O–H groups in total. The van der Waals surface area contributed by atoms with E-state index in [1.165, 1.54) is 24.6 Å². The van der Waals surface area contributed by atoms with Gasteiger partial charge in [0.1, 0.15) is 0 Å². The molecule has 7 heteroatoms. The zero-order valence-corrected chi connectivity index (χ0v) is 16.5. The molecule has 1 amide bonds. The van der Waals surface area contributed by atoms with E-state index in [-0.39, 0.29) is 33.3 Å². The summed E-state index contributed by atoms with van der Waals surface area (Å²) in [6, 6.07) is 13.1. The molecular formula is C20H23ClN2O3S. The fourth-order valence-electron chi connectivity index (χ4n) is 3.28. The second kappa shape index (κ2) is 8.76. The number of anilines is 1. The van der Waals surface area contributed by atoms with Crippen molar-refractivity contribution in [2.45, 2.75) is 47.9 Å². The van der Waals surface area contributed by atoms with Gasteiger partial charge in [0, 0.05) is 6.04 Å². The van der Waals surface area contributed by atoms with Crippen LogP contribution in [0.3, 0.4) is 0 Å². The number of hydrogen-bond acceptors (Lipinski definition) is 4. The van der Waals surface area contributed by atoms with Gasteiger partial charge >= 0.3 is 0 Å². The number of amides is 1. The topological polar surface area (TPSA) is 75.3 Å². The standard InChI is InChI=1S/C20H23ClN2O3S/c21-20-17(22-14-19(24)23-15-8-3-1-4-9-15)12-7-13-18(20)27(25,26)16-10-5-2-6-11-16/h2,5-7,10-13,15,22H,1,3-4,8-9,14H2,(H,23,24). The first-order valence-electron chi connectivity index (χ1n) is 9.10. The summed E-state index contributed by atoms with van der Waals surface area (Å²) in [7, 11) is -3.73. The van der Waals surface area contributed by atoms with Gasteiger partial charge in [-0.15, -0.1) is 0 Å². The molecule has 27 heavy (non-hydrogen) atoms. The van der Waals surface area contributed by atoms with Crippen LogP contribution in [0.1, 0.15) is 32.1 Å². The maximum atomic E-state index is 12.8. The van der Waals surface area contributed by atoms with Crippen LogP contribution < -0.4 is 10.6 Å². The lowest BCUT2D eigenvalue weighted by Gasteiger charge is -2.23. The van der Waals surface area contributed by atoms with Crippen molar-refractivity contribution in [3.8, 4) is 0 Å². The van der Waals surface area contributed by atoms with Crippen LogP contribution in [0.15, 0.2) is 58.3 Å². The number of rotatable bonds is 6. The van der Waals surface area contributed by atoms with Crippen LogP contribution in [0, 0.1) is 0 Å². The summed E-state index contributed by atoms with van der Waals surface area (Å²) in [5.74, 6) is -0.116. The van der Waals surface area contributed by atoms with Crippen LogP contribution in [0.4, 0.5) is 5.69 Å².